The molecule has 1 N–H and O–H groups in total. The highest BCUT2D eigenvalue weighted by molar-refractivity contribution is 7.99. The Bertz CT molecular complexity index is 227. The predicted octanol–water partition coefficient (Wildman–Crippen LogP) is 1.61. The molecule has 0 aliphatic rings. The number of carbonyl (C=O) groups excluding carboxylic acids is 1. The molecule has 0 aliphatic carbocycles. The summed E-state index contributed by atoms with van der Waals surface area (Å²) in [6, 6.07) is 0. The van der Waals surface area contributed by atoms with Crippen molar-refractivity contribution in [1.29, 1.82) is 0 Å². The zero-order chi connectivity index (χ0) is 11.5. The first kappa shape index (κ1) is 14.3. The quantitative estimate of drug-likeness (QED) is 0.297. The summed E-state index contributed by atoms with van der Waals surface area (Å²) in [4.78, 5) is 11.0. The van der Waals surface area contributed by atoms with Crippen molar-refractivity contribution in [3.05, 3.63) is 24.3 Å². The first-order valence-corrected chi connectivity index (χ1v) is 6.02. The third-order valence-electron chi connectivity index (χ3n) is 1.72. The number of hydrogen-bond acceptors (Lipinski definition) is 4. The van der Waals surface area contributed by atoms with Gasteiger partial charge in [-0.15, -0.1) is 6.58 Å². The van der Waals surface area contributed by atoms with Gasteiger partial charge >= 0.3 is 5.97 Å². The van der Waals surface area contributed by atoms with Crippen LogP contribution in [0.1, 0.15) is 6.92 Å². The second-order valence-electron chi connectivity index (χ2n) is 2.95. The SMILES string of the molecule is C=CCSCCNC/C=C(\C)C(=O)OC. The topological polar surface area (TPSA) is 38.3 Å². The lowest BCUT2D eigenvalue weighted by Gasteiger charge is -2.01. The van der Waals surface area contributed by atoms with Crippen LogP contribution in [-0.2, 0) is 9.53 Å². The molecule has 0 radical (unpaired) electrons. The number of carbonyl (C=O) groups is 1. The van der Waals surface area contributed by atoms with E-state index in [0.29, 0.717) is 12.1 Å². The average Bonchev–Trinajstić information content (AvgIpc) is 2.26. The summed E-state index contributed by atoms with van der Waals surface area (Å²) in [7, 11) is 1.39. The first-order chi connectivity index (χ1) is 7.22. The minimum atomic E-state index is -0.266. The molecule has 0 heterocycles. The normalized spacial score (nSPS) is 11.2. The van der Waals surface area contributed by atoms with E-state index in [0.717, 1.165) is 18.1 Å². The number of hydrogen-bond donors (Lipinski definition) is 1. The number of nitrogens with one attached hydrogen (secondary N) is 1. The van der Waals surface area contributed by atoms with Crippen LogP contribution in [0.3, 0.4) is 0 Å². The predicted molar refractivity (Wildman–Crippen MR) is 66.2 cm³/mol. The Kier molecular flexibility index (Phi) is 9.32. The smallest absolute Gasteiger partial charge is 0.333 e. The molecular weight excluding hydrogens is 210 g/mol. The number of thioether (sulfide) groups is 1. The monoisotopic (exact) mass is 229 g/mol. The van der Waals surface area contributed by atoms with Crippen LogP contribution in [0.15, 0.2) is 24.3 Å². The summed E-state index contributed by atoms with van der Waals surface area (Å²) in [5.74, 6) is 1.77. The Hall–Kier alpha value is -0.740. The van der Waals surface area contributed by atoms with Gasteiger partial charge in [0.25, 0.3) is 0 Å². The number of rotatable bonds is 8. The molecule has 0 fully saturated rings. The molecule has 0 rings (SSSR count). The molecule has 0 aromatic rings. The van der Waals surface area contributed by atoms with Gasteiger partial charge in [0.2, 0.25) is 0 Å². The maximum atomic E-state index is 11.0. The van der Waals surface area contributed by atoms with Crippen molar-refractivity contribution in [3.63, 3.8) is 0 Å². The molecule has 0 bridgehead atoms. The van der Waals surface area contributed by atoms with E-state index >= 15 is 0 Å². The Morgan fingerprint density at radius 1 is 1.60 bits per heavy atom. The van der Waals surface area contributed by atoms with Gasteiger partial charge in [0.1, 0.15) is 0 Å². The maximum absolute atomic E-state index is 11.0. The Labute approximate surface area is 96.0 Å². The molecule has 86 valence electrons. The molecule has 0 atom stereocenters. The fraction of sp³-hybridized carbons (Fsp3) is 0.545. The molecule has 0 unspecified atom stereocenters. The fourth-order valence-electron chi connectivity index (χ4n) is 0.883. The second-order valence-corrected chi connectivity index (χ2v) is 4.10. The van der Waals surface area contributed by atoms with Gasteiger partial charge < -0.3 is 10.1 Å². The Morgan fingerprint density at radius 2 is 2.33 bits per heavy atom. The number of ether oxygens (including phenoxy) is 1. The summed E-state index contributed by atoms with van der Waals surface area (Å²) in [5.41, 5.74) is 0.642. The first-order valence-electron chi connectivity index (χ1n) is 4.86. The van der Waals surface area contributed by atoms with Gasteiger partial charge in [0, 0.05) is 30.2 Å². The highest BCUT2D eigenvalue weighted by atomic mass is 32.2. The van der Waals surface area contributed by atoms with E-state index in [2.05, 4.69) is 16.6 Å². The van der Waals surface area contributed by atoms with E-state index in [1.54, 1.807) is 6.92 Å². The van der Waals surface area contributed by atoms with Crippen LogP contribution in [0.5, 0.6) is 0 Å². The molecule has 0 amide bonds. The van der Waals surface area contributed by atoms with E-state index in [4.69, 9.17) is 0 Å². The van der Waals surface area contributed by atoms with E-state index in [9.17, 15) is 4.79 Å². The molecule has 0 saturated heterocycles. The molecule has 0 aromatic heterocycles. The van der Waals surface area contributed by atoms with E-state index in [1.807, 2.05) is 23.9 Å². The largest absolute Gasteiger partial charge is 0.466 e. The third kappa shape index (κ3) is 8.27. The Balaban J connectivity index is 3.44. The minimum absolute atomic E-state index is 0.266. The van der Waals surface area contributed by atoms with Gasteiger partial charge in [0.05, 0.1) is 7.11 Å². The van der Waals surface area contributed by atoms with Gasteiger partial charge in [-0.2, -0.15) is 11.8 Å². The van der Waals surface area contributed by atoms with Gasteiger partial charge in [-0.1, -0.05) is 12.2 Å². The molecule has 0 aliphatic heterocycles. The highest BCUT2D eigenvalue weighted by Gasteiger charge is 2.00. The summed E-state index contributed by atoms with van der Waals surface area (Å²) in [5, 5.41) is 3.21. The van der Waals surface area contributed by atoms with Crippen molar-refractivity contribution in [3.8, 4) is 0 Å². The molecule has 3 nitrogen and oxygen atoms in total. The van der Waals surface area contributed by atoms with Crippen molar-refractivity contribution in [2.24, 2.45) is 0 Å². The van der Waals surface area contributed by atoms with Crippen LogP contribution < -0.4 is 5.32 Å². The van der Waals surface area contributed by atoms with E-state index in [-0.39, 0.29) is 5.97 Å². The van der Waals surface area contributed by atoms with Crippen LogP contribution in [-0.4, -0.2) is 37.7 Å². The summed E-state index contributed by atoms with van der Waals surface area (Å²) < 4.78 is 4.57. The standard InChI is InChI=1S/C11H19NO2S/c1-4-8-15-9-7-12-6-5-10(2)11(13)14-3/h4-5,12H,1,6-9H2,2-3H3/b10-5+. The molecular formula is C11H19NO2S. The summed E-state index contributed by atoms with van der Waals surface area (Å²) in [6.45, 7) is 7.03. The van der Waals surface area contributed by atoms with Crippen molar-refractivity contribution in [2.45, 2.75) is 6.92 Å². The van der Waals surface area contributed by atoms with E-state index in [1.165, 1.54) is 7.11 Å². The highest BCUT2D eigenvalue weighted by Crippen LogP contribution is 1.97. The van der Waals surface area contributed by atoms with Crippen molar-refractivity contribution < 1.29 is 9.53 Å². The van der Waals surface area contributed by atoms with Gasteiger partial charge in [-0.3, -0.25) is 0 Å². The molecule has 0 aromatic carbocycles. The lowest BCUT2D eigenvalue weighted by Crippen LogP contribution is -2.18. The van der Waals surface area contributed by atoms with Crippen LogP contribution in [0.25, 0.3) is 0 Å². The van der Waals surface area contributed by atoms with E-state index < -0.39 is 0 Å². The fourth-order valence-corrected chi connectivity index (χ4v) is 1.50. The maximum Gasteiger partial charge on any atom is 0.333 e. The third-order valence-corrected chi connectivity index (χ3v) is 2.68. The zero-order valence-electron chi connectivity index (χ0n) is 9.41. The average molecular weight is 229 g/mol. The van der Waals surface area contributed by atoms with Crippen LogP contribution in [0.4, 0.5) is 0 Å². The molecule has 0 saturated carbocycles. The zero-order valence-corrected chi connectivity index (χ0v) is 10.2. The molecule has 0 spiro atoms. The number of esters is 1. The number of methoxy groups -OCH3 is 1. The van der Waals surface area contributed by atoms with Gasteiger partial charge in [-0.05, 0) is 6.92 Å². The minimum Gasteiger partial charge on any atom is -0.466 e. The summed E-state index contributed by atoms with van der Waals surface area (Å²) in [6.07, 6.45) is 3.73. The van der Waals surface area contributed by atoms with Crippen molar-refractivity contribution >= 4 is 17.7 Å². The molecule has 4 heteroatoms. The Morgan fingerprint density at radius 3 is 2.93 bits per heavy atom. The van der Waals surface area contributed by atoms with Crippen LogP contribution in [0, 0.1) is 0 Å². The van der Waals surface area contributed by atoms with Gasteiger partial charge in [0.15, 0.2) is 0 Å². The lowest BCUT2D eigenvalue weighted by molar-refractivity contribution is -0.136. The van der Waals surface area contributed by atoms with Crippen molar-refractivity contribution in [2.75, 3.05) is 31.7 Å². The molecule has 15 heavy (non-hydrogen) atoms. The second kappa shape index (κ2) is 9.80. The van der Waals surface area contributed by atoms with Crippen LogP contribution in [0.2, 0.25) is 0 Å². The summed E-state index contributed by atoms with van der Waals surface area (Å²) >= 11 is 1.83. The lowest BCUT2D eigenvalue weighted by atomic mass is 10.3. The van der Waals surface area contributed by atoms with Crippen LogP contribution >= 0.6 is 11.8 Å². The van der Waals surface area contributed by atoms with Crippen molar-refractivity contribution in [1.82, 2.24) is 5.32 Å². The van der Waals surface area contributed by atoms with Gasteiger partial charge in [-0.25, -0.2) is 4.79 Å².